The summed E-state index contributed by atoms with van der Waals surface area (Å²) < 4.78 is 0.829. The molecule has 0 amide bonds. The third kappa shape index (κ3) is 3.77. The molecule has 0 bridgehead atoms. The summed E-state index contributed by atoms with van der Waals surface area (Å²) in [6, 6.07) is 5.78. The van der Waals surface area contributed by atoms with Crippen LogP contribution in [0.2, 0.25) is 0 Å². The van der Waals surface area contributed by atoms with Crippen LogP contribution in [0.15, 0.2) is 28.7 Å². The van der Waals surface area contributed by atoms with Crippen molar-refractivity contribution in [3.8, 4) is 0 Å². The molecule has 0 saturated carbocycles. The van der Waals surface area contributed by atoms with Crippen molar-refractivity contribution in [2.24, 2.45) is 0 Å². The van der Waals surface area contributed by atoms with Gasteiger partial charge < -0.3 is 0 Å². The van der Waals surface area contributed by atoms with E-state index in [4.69, 9.17) is 0 Å². The average Bonchev–Trinajstić information content (AvgIpc) is 2.26. The fraction of sp³-hybridized carbons (Fsp3) is 0.400. The third-order valence-electron chi connectivity index (χ3n) is 2.56. The number of rotatable bonds is 5. The normalized spacial score (nSPS) is 14.0. The van der Waals surface area contributed by atoms with E-state index in [1.165, 1.54) is 6.92 Å². The molecule has 0 fully saturated rings. The van der Waals surface area contributed by atoms with E-state index in [0.29, 0.717) is 5.56 Å². The van der Waals surface area contributed by atoms with Crippen LogP contribution in [0, 0.1) is 20.2 Å². The van der Waals surface area contributed by atoms with Crippen LogP contribution in [0.4, 0.5) is 0 Å². The minimum atomic E-state index is -0.985. The van der Waals surface area contributed by atoms with Crippen LogP contribution in [0.25, 0.3) is 0 Å². The van der Waals surface area contributed by atoms with Crippen molar-refractivity contribution in [1.82, 2.24) is 0 Å². The molecule has 6 nitrogen and oxygen atoms in total. The van der Waals surface area contributed by atoms with Gasteiger partial charge in [0.25, 0.3) is 0 Å². The van der Waals surface area contributed by atoms with Crippen molar-refractivity contribution in [2.75, 3.05) is 6.54 Å². The maximum Gasteiger partial charge on any atom is 0.223 e. The first-order chi connectivity index (χ1) is 7.91. The summed E-state index contributed by atoms with van der Waals surface area (Å²) in [5, 5.41) is 21.3. The Morgan fingerprint density at radius 3 is 2.18 bits per heavy atom. The topological polar surface area (TPSA) is 86.3 Å². The lowest BCUT2D eigenvalue weighted by molar-refractivity contribution is -0.543. The minimum Gasteiger partial charge on any atom is -0.265 e. The number of hydrogen-bond acceptors (Lipinski definition) is 4. The molecular formula is C10H11BrN2O4. The third-order valence-corrected chi connectivity index (χ3v) is 3.09. The van der Waals surface area contributed by atoms with Gasteiger partial charge in [-0.25, -0.2) is 0 Å². The lowest BCUT2D eigenvalue weighted by Gasteiger charge is -2.14. The second kappa shape index (κ2) is 5.72. The summed E-state index contributed by atoms with van der Waals surface area (Å²) in [6.45, 7) is 0.944. The molecule has 0 aliphatic rings. The molecule has 17 heavy (non-hydrogen) atoms. The van der Waals surface area contributed by atoms with E-state index in [2.05, 4.69) is 15.9 Å². The SMILES string of the molecule is C[C@H]([C@@H](C[N+](=O)[O-])c1ccc(Br)cc1)[N+](=O)[O-]. The van der Waals surface area contributed by atoms with E-state index >= 15 is 0 Å². The number of hydrogen-bond donors (Lipinski definition) is 0. The Hall–Kier alpha value is -1.50. The molecule has 1 aromatic carbocycles. The molecule has 7 heteroatoms. The minimum absolute atomic E-state index is 0.441. The summed E-state index contributed by atoms with van der Waals surface area (Å²) in [4.78, 5) is 20.3. The van der Waals surface area contributed by atoms with E-state index in [-0.39, 0.29) is 0 Å². The lowest BCUT2D eigenvalue weighted by Crippen LogP contribution is -2.29. The maximum atomic E-state index is 10.7. The molecule has 0 saturated heterocycles. The number of benzene rings is 1. The van der Waals surface area contributed by atoms with E-state index in [1.54, 1.807) is 24.3 Å². The Labute approximate surface area is 106 Å². The summed E-state index contributed by atoms with van der Waals surface area (Å²) in [5.74, 6) is -0.715. The van der Waals surface area contributed by atoms with Crippen molar-refractivity contribution < 1.29 is 9.85 Å². The first kappa shape index (κ1) is 13.6. The molecule has 1 rings (SSSR count). The second-order valence-corrected chi connectivity index (χ2v) is 4.61. The monoisotopic (exact) mass is 302 g/mol. The van der Waals surface area contributed by atoms with Crippen molar-refractivity contribution in [3.05, 3.63) is 54.5 Å². The molecule has 2 atom stereocenters. The molecule has 0 radical (unpaired) electrons. The zero-order valence-electron chi connectivity index (χ0n) is 9.08. The van der Waals surface area contributed by atoms with Gasteiger partial charge in [-0.1, -0.05) is 28.1 Å². The molecule has 0 unspecified atom stereocenters. The van der Waals surface area contributed by atoms with Crippen LogP contribution in [-0.4, -0.2) is 22.4 Å². The van der Waals surface area contributed by atoms with Gasteiger partial charge in [0.2, 0.25) is 12.6 Å². The lowest BCUT2D eigenvalue weighted by atomic mass is 9.93. The number of nitrogens with zero attached hydrogens (tertiary/aromatic N) is 2. The first-order valence-electron chi connectivity index (χ1n) is 4.92. The maximum absolute atomic E-state index is 10.7. The molecule has 0 aliphatic heterocycles. The summed E-state index contributed by atoms with van der Waals surface area (Å²) in [7, 11) is 0. The average molecular weight is 303 g/mol. The summed E-state index contributed by atoms with van der Waals surface area (Å²) >= 11 is 3.24. The Morgan fingerprint density at radius 1 is 1.24 bits per heavy atom. The van der Waals surface area contributed by atoms with Crippen molar-refractivity contribution in [3.63, 3.8) is 0 Å². The molecule has 0 heterocycles. The molecule has 0 N–H and O–H groups in total. The largest absolute Gasteiger partial charge is 0.265 e. The van der Waals surface area contributed by atoms with E-state index in [0.717, 1.165) is 4.47 Å². The fourth-order valence-electron chi connectivity index (χ4n) is 1.55. The van der Waals surface area contributed by atoms with Gasteiger partial charge in [-0.2, -0.15) is 0 Å². The van der Waals surface area contributed by atoms with E-state index < -0.39 is 28.4 Å². The van der Waals surface area contributed by atoms with Crippen LogP contribution < -0.4 is 0 Å². The predicted octanol–water partition coefficient (Wildman–Crippen LogP) is 2.47. The van der Waals surface area contributed by atoms with Gasteiger partial charge in [-0.05, 0) is 17.7 Å². The van der Waals surface area contributed by atoms with Crippen LogP contribution in [0.5, 0.6) is 0 Å². The number of halogens is 1. The number of nitro groups is 2. The highest BCUT2D eigenvalue weighted by atomic mass is 79.9. The highest BCUT2D eigenvalue weighted by Crippen LogP contribution is 2.23. The Kier molecular flexibility index (Phi) is 4.56. The van der Waals surface area contributed by atoms with Crippen LogP contribution >= 0.6 is 15.9 Å². The Morgan fingerprint density at radius 2 is 1.76 bits per heavy atom. The zero-order valence-corrected chi connectivity index (χ0v) is 10.7. The van der Waals surface area contributed by atoms with Gasteiger partial charge in [0, 0.05) is 21.2 Å². The fourth-order valence-corrected chi connectivity index (χ4v) is 1.82. The summed E-state index contributed by atoms with van der Waals surface area (Å²) in [5.41, 5.74) is 0.606. The van der Waals surface area contributed by atoms with Crippen molar-refractivity contribution in [2.45, 2.75) is 18.9 Å². The molecule has 92 valence electrons. The molecule has 0 aromatic heterocycles. The Bertz CT molecular complexity index is 421. The van der Waals surface area contributed by atoms with Gasteiger partial charge in [0.05, 0.1) is 0 Å². The highest BCUT2D eigenvalue weighted by Gasteiger charge is 2.32. The van der Waals surface area contributed by atoms with Gasteiger partial charge in [-0.3, -0.25) is 20.2 Å². The molecular weight excluding hydrogens is 292 g/mol. The van der Waals surface area contributed by atoms with Crippen LogP contribution in [0.1, 0.15) is 18.4 Å². The van der Waals surface area contributed by atoms with Gasteiger partial charge in [0.15, 0.2) is 0 Å². The van der Waals surface area contributed by atoms with Crippen molar-refractivity contribution >= 4 is 15.9 Å². The van der Waals surface area contributed by atoms with Crippen LogP contribution in [-0.2, 0) is 0 Å². The quantitative estimate of drug-likeness (QED) is 0.617. The second-order valence-electron chi connectivity index (χ2n) is 3.70. The summed E-state index contributed by atoms with van der Waals surface area (Å²) in [6.07, 6.45) is 0. The van der Waals surface area contributed by atoms with Crippen LogP contribution in [0.3, 0.4) is 0 Å². The molecule has 0 aliphatic carbocycles. The van der Waals surface area contributed by atoms with Gasteiger partial charge in [0.1, 0.15) is 5.92 Å². The smallest absolute Gasteiger partial charge is 0.223 e. The van der Waals surface area contributed by atoms with E-state index in [9.17, 15) is 20.2 Å². The molecule has 1 aromatic rings. The zero-order chi connectivity index (χ0) is 13.0. The first-order valence-corrected chi connectivity index (χ1v) is 5.72. The standard InChI is InChI=1S/C10H11BrN2O4/c1-7(13(16)17)10(6-12(14)15)8-2-4-9(11)5-3-8/h2-5,7,10H,6H2,1H3/t7-,10-/m1/s1. The van der Waals surface area contributed by atoms with E-state index in [1.807, 2.05) is 0 Å². The predicted molar refractivity (Wildman–Crippen MR) is 65.2 cm³/mol. The highest BCUT2D eigenvalue weighted by molar-refractivity contribution is 9.10. The Balaban J connectivity index is 3.01. The van der Waals surface area contributed by atoms with Gasteiger partial charge >= 0.3 is 0 Å². The molecule has 0 spiro atoms. The van der Waals surface area contributed by atoms with Gasteiger partial charge in [-0.15, -0.1) is 0 Å². The van der Waals surface area contributed by atoms with Crippen molar-refractivity contribution in [1.29, 1.82) is 0 Å².